The van der Waals surface area contributed by atoms with Crippen LogP contribution in [0.3, 0.4) is 0 Å². The minimum absolute atomic E-state index is 0.0690. The third-order valence-electron chi connectivity index (χ3n) is 3.16. The van der Waals surface area contributed by atoms with Crippen molar-refractivity contribution in [1.82, 2.24) is 0 Å². The number of carbonyl (C=O) groups is 1. The third kappa shape index (κ3) is 3.56. The second kappa shape index (κ2) is 6.35. The van der Waals surface area contributed by atoms with Gasteiger partial charge in [-0.15, -0.1) is 0 Å². The quantitative estimate of drug-likeness (QED) is 0.859. The van der Waals surface area contributed by atoms with E-state index in [4.69, 9.17) is 0 Å². The lowest BCUT2D eigenvalue weighted by molar-refractivity contribution is 0.262. The number of aryl methyl sites for hydroxylation is 2. The van der Waals surface area contributed by atoms with Crippen LogP contribution in [-0.4, -0.2) is 6.03 Å². The summed E-state index contributed by atoms with van der Waals surface area (Å²) in [6.07, 6.45) is 0.766. The first-order chi connectivity index (χ1) is 10.0. The average molecular weight is 290 g/mol. The number of nitrogens with one attached hydrogen (secondary N) is 2. The lowest BCUT2D eigenvalue weighted by atomic mass is 10.1. The van der Waals surface area contributed by atoms with Crippen LogP contribution in [-0.2, 0) is 6.42 Å². The largest absolute Gasteiger partial charge is 0.323 e. The first kappa shape index (κ1) is 15.0. The molecular formula is C16H16F2N2O. The Morgan fingerprint density at radius 2 is 1.90 bits per heavy atom. The van der Waals surface area contributed by atoms with Crippen molar-refractivity contribution in [3.63, 3.8) is 0 Å². The van der Waals surface area contributed by atoms with E-state index >= 15 is 0 Å². The van der Waals surface area contributed by atoms with Crippen molar-refractivity contribution >= 4 is 17.4 Å². The summed E-state index contributed by atoms with van der Waals surface area (Å²) < 4.78 is 26.3. The van der Waals surface area contributed by atoms with Crippen LogP contribution in [0.15, 0.2) is 36.4 Å². The summed E-state index contributed by atoms with van der Waals surface area (Å²) in [6, 6.07) is 8.14. The highest BCUT2D eigenvalue weighted by atomic mass is 19.1. The molecule has 21 heavy (non-hydrogen) atoms. The van der Waals surface area contributed by atoms with Gasteiger partial charge in [0.15, 0.2) is 0 Å². The molecule has 0 unspecified atom stereocenters. The fourth-order valence-electron chi connectivity index (χ4n) is 2.06. The van der Waals surface area contributed by atoms with E-state index in [1.165, 1.54) is 6.07 Å². The topological polar surface area (TPSA) is 41.1 Å². The predicted octanol–water partition coefficient (Wildman–Crippen LogP) is 4.48. The van der Waals surface area contributed by atoms with Gasteiger partial charge in [-0.05, 0) is 36.6 Å². The lowest BCUT2D eigenvalue weighted by Crippen LogP contribution is -2.21. The van der Waals surface area contributed by atoms with Gasteiger partial charge >= 0.3 is 6.03 Å². The Morgan fingerprint density at radius 3 is 2.57 bits per heavy atom. The number of hydrogen-bond acceptors (Lipinski definition) is 1. The zero-order valence-corrected chi connectivity index (χ0v) is 11.8. The Morgan fingerprint density at radius 1 is 1.14 bits per heavy atom. The minimum atomic E-state index is -0.814. The van der Waals surface area contributed by atoms with Crippen LogP contribution < -0.4 is 10.6 Å². The highest BCUT2D eigenvalue weighted by Gasteiger charge is 2.11. The highest BCUT2D eigenvalue weighted by molar-refractivity contribution is 6.00. The molecule has 2 aromatic rings. The van der Waals surface area contributed by atoms with Crippen LogP contribution in [0, 0.1) is 18.6 Å². The SMILES string of the molecule is CCc1cccc(C)c1NC(=O)Nc1ccc(F)cc1F. The maximum Gasteiger partial charge on any atom is 0.323 e. The molecular weight excluding hydrogens is 274 g/mol. The van der Waals surface area contributed by atoms with Crippen molar-refractivity contribution in [1.29, 1.82) is 0 Å². The number of rotatable bonds is 3. The number of urea groups is 1. The number of hydrogen-bond donors (Lipinski definition) is 2. The zero-order valence-electron chi connectivity index (χ0n) is 11.8. The van der Waals surface area contributed by atoms with E-state index in [1.54, 1.807) is 0 Å². The van der Waals surface area contributed by atoms with Crippen LogP contribution in [0.25, 0.3) is 0 Å². The van der Waals surface area contributed by atoms with Gasteiger partial charge in [-0.25, -0.2) is 13.6 Å². The Hall–Kier alpha value is -2.43. The summed E-state index contributed by atoms with van der Waals surface area (Å²) >= 11 is 0. The number of benzene rings is 2. The molecule has 0 saturated carbocycles. The molecule has 2 rings (SSSR count). The molecule has 0 aliphatic carbocycles. The molecule has 0 heterocycles. The van der Waals surface area contributed by atoms with E-state index in [2.05, 4.69) is 10.6 Å². The van der Waals surface area contributed by atoms with Crippen molar-refractivity contribution in [3.8, 4) is 0 Å². The summed E-state index contributed by atoms with van der Waals surface area (Å²) in [5.74, 6) is -1.50. The van der Waals surface area contributed by atoms with Gasteiger partial charge in [0, 0.05) is 11.8 Å². The molecule has 0 fully saturated rings. The Kier molecular flexibility index (Phi) is 4.52. The highest BCUT2D eigenvalue weighted by Crippen LogP contribution is 2.22. The van der Waals surface area contributed by atoms with Crippen molar-refractivity contribution < 1.29 is 13.6 Å². The number of anilines is 2. The smallest absolute Gasteiger partial charge is 0.307 e. The molecule has 0 atom stereocenters. The van der Waals surface area contributed by atoms with E-state index in [0.717, 1.165) is 29.7 Å². The van der Waals surface area contributed by atoms with Gasteiger partial charge in [0.2, 0.25) is 0 Å². The molecule has 0 saturated heterocycles. The number of para-hydroxylation sites is 1. The van der Waals surface area contributed by atoms with Crippen LogP contribution >= 0.6 is 0 Å². The Bertz CT molecular complexity index is 671. The Labute approximate surface area is 122 Å². The number of halogens is 2. The van der Waals surface area contributed by atoms with E-state index in [9.17, 15) is 13.6 Å². The molecule has 3 nitrogen and oxygen atoms in total. The molecule has 0 bridgehead atoms. The summed E-state index contributed by atoms with van der Waals surface area (Å²) in [6.45, 7) is 3.87. The molecule has 2 N–H and O–H groups in total. The second-order valence-corrected chi connectivity index (χ2v) is 4.67. The monoisotopic (exact) mass is 290 g/mol. The zero-order chi connectivity index (χ0) is 15.4. The van der Waals surface area contributed by atoms with Crippen molar-refractivity contribution in [2.24, 2.45) is 0 Å². The molecule has 0 spiro atoms. The van der Waals surface area contributed by atoms with Crippen molar-refractivity contribution in [3.05, 3.63) is 59.2 Å². The Balaban J connectivity index is 2.15. The van der Waals surface area contributed by atoms with Crippen LogP contribution in [0.5, 0.6) is 0 Å². The summed E-state index contributed by atoms with van der Waals surface area (Å²) in [5, 5.41) is 5.08. The molecule has 0 aliphatic heterocycles. The average Bonchev–Trinajstić information content (AvgIpc) is 2.44. The molecule has 0 aliphatic rings. The summed E-state index contributed by atoms with van der Waals surface area (Å²) in [4.78, 5) is 12.0. The van der Waals surface area contributed by atoms with Crippen LogP contribution in [0.1, 0.15) is 18.1 Å². The molecule has 110 valence electrons. The van der Waals surface area contributed by atoms with Gasteiger partial charge in [0.05, 0.1) is 5.69 Å². The van der Waals surface area contributed by atoms with Crippen LogP contribution in [0.4, 0.5) is 25.0 Å². The number of amides is 2. The molecule has 5 heteroatoms. The molecule has 0 aromatic heterocycles. The van der Waals surface area contributed by atoms with Gasteiger partial charge < -0.3 is 10.6 Å². The molecule has 0 radical (unpaired) electrons. The first-order valence-corrected chi connectivity index (χ1v) is 6.62. The summed E-state index contributed by atoms with van der Waals surface area (Å²) in [5.41, 5.74) is 2.55. The van der Waals surface area contributed by atoms with E-state index < -0.39 is 17.7 Å². The van der Waals surface area contributed by atoms with Gasteiger partial charge in [0.25, 0.3) is 0 Å². The van der Waals surface area contributed by atoms with Crippen LogP contribution in [0.2, 0.25) is 0 Å². The predicted molar refractivity (Wildman–Crippen MR) is 79.6 cm³/mol. The first-order valence-electron chi connectivity index (χ1n) is 6.62. The standard InChI is InChI=1S/C16H16F2N2O/c1-3-11-6-4-5-10(2)15(11)20-16(21)19-14-8-7-12(17)9-13(14)18/h4-9H,3H2,1-2H3,(H2,19,20,21). The third-order valence-corrected chi connectivity index (χ3v) is 3.16. The second-order valence-electron chi connectivity index (χ2n) is 4.67. The van der Waals surface area contributed by atoms with E-state index in [-0.39, 0.29) is 5.69 Å². The fourth-order valence-corrected chi connectivity index (χ4v) is 2.06. The maximum absolute atomic E-state index is 13.5. The van der Waals surface area contributed by atoms with E-state index in [0.29, 0.717) is 5.69 Å². The lowest BCUT2D eigenvalue weighted by Gasteiger charge is -2.14. The summed E-state index contributed by atoms with van der Waals surface area (Å²) in [7, 11) is 0. The van der Waals surface area contributed by atoms with Crippen molar-refractivity contribution in [2.45, 2.75) is 20.3 Å². The van der Waals surface area contributed by atoms with Gasteiger partial charge in [-0.3, -0.25) is 0 Å². The van der Waals surface area contributed by atoms with Gasteiger partial charge in [-0.1, -0.05) is 25.1 Å². The molecule has 2 amide bonds. The van der Waals surface area contributed by atoms with E-state index in [1.807, 2.05) is 32.0 Å². The fraction of sp³-hybridized carbons (Fsp3) is 0.188. The molecule has 2 aromatic carbocycles. The maximum atomic E-state index is 13.5. The van der Waals surface area contributed by atoms with Gasteiger partial charge in [0.1, 0.15) is 11.6 Å². The number of carbonyl (C=O) groups excluding carboxylic acids is 1. The normalized spacial score (nSPS) is 10.3. The minimum Gasteiger partial charge on any atom is -0.307 e. The van der Waals surface area contributed by atoms with Crippen molar-refractivity contribution in [2.75, 3.05) is 10.6 Å². The van der Waals surface area contributed by atoms with Gasteiger partial charge in [-0.2, -0.15) is 0 Å².